The Bertz CT molecular complexity index is 903. The van der Waals surface area contributed by atoms with Crippen molar-refractivity contribution in [2.75, 3.05) is 13.6 Å². The zero-order chi connectivity index (χ0) is 17.8. The molecule has 1 amide bonds. The number of amides is 1. The van der Waals surface area contributed by atoms with E-state index in [1.807, 2.05) is 57.3 Å². The summed E-state index contributed by atoms with van der Waals surface area (Å²) in [6, 6.07) is 11.8. The van der Waals surface area contributed by atoms with E-state index < -0.39 is 0 Å². The molecule has 0 saturated carbocycles. The lowest BCUT2D eigenvalue weighted by Crippen LogP contribution is -2.37. The summed E-state index contributed by atoms with van der Waals surface area (Å²) < 4.78 is 0. The second-order valence-corrected chi connectivity index (χ2v) is 6.22. The van der Waals surface area contributed by atoms with Crippen LogP contribution in [0.15, 0.2) is 48.8 Å². The molecule has 2 aromatic heterocycles. The molecule has 0 saturated heterocycles. The van der Waals surface area contributed by atoms with Gasteiger partial charge in [-0.05, 0) is 51.2 Å². The minimum Gasteiger partial charge on any atom is -0.350 e. The number of rotatable bonds is 5. The van der Waals surface area contributed by atoms with Crippen LogP contribution in [0, 0.1) is 6.92 Å². The molecule has 0 radical (unpaired) electrons. The van der Waals surface area contributed by atoms with Crippen LogP contribution in [0.5, 0.6) is 0 Å². The number of aromatic nitrogens is 2. The Morgan fingerprint density at radius 3 is 2.63 bits per heavy atom. The number of nitrogens with one attached hydrogen (secondary N) is 2. The highest BCUT2D eigenvalue weighted by atomic mass is 35.5. The van der Waals surface area contributed by atoms with Crippen molar-refractivity contribution in [3.8, 4) is 11.3 Å². The lowest BCUT2D eigenvalue weighted by atomic mass is 10.0. The largest absolute Gasteiger partial charge is 0.350 e. The first-order valence-corrected chi connectivity index (χ1v) is 8.35. The molecule has 1 atom stereocenters. The molecule has 3 rings (SSSR count). The summed E-state index contributed by atoms with van der Waals surface area (Å²) in [6.07, 6.45) is 3.48. The topological polar surface area (TPSA) is 66.9 Å². The smallest absolute Gasteiger partial charge is 0.252 e. The van der Waals surface area contributed by atoms with Crippen molar-refractivity contribution in [1.82, 2.24) is 20.6 Å². The quantitative estimate of drug-likeness (QED) is 0.676. The Morgan fingerprint density at radius 1 is 1.19 bits per heavy atom. The van der Waals surface area contributed by atoms with Crippen LogP contribution in [0.1, 0.15) is 22.8 Å². The van der Waals surface area contributed by atoms with Gasteiger partial charge in [0, 0.05) is 35.9 Å². The third kappa shape index (κ3) is 5.39. The molecule has 27 heavy (non-hydrogen) atoms. The van der Waals surface area contributed by atoms with E-state index in [0.717, 1.165) is 27.7 Å². The molecule has 0 fully saturated rings. The number of aryl methyl sites for hydroxylation is 1. The van der Waals surface area contributed by atoms with Gasteiger partial charge in [-0.3, -0.25) is 9.78 Å². The number of benzene rings is 1. The van der Waals surface area contributed by atoms with Crippen LogP contribution in [0.3, 0.4) is 0 Å². The summed E-state index contributed by atoms with van der Waals surface area (Å²) in [5.74, 6) is -0.0924. The first kappa shape index (κ1) is 22.8. The van der Waals surface area contributed by atoms with Gasteiger partial charge in [-0.25, -0.2) is 4.98 Å². The van der Waals surface area contributed by atoms with Crippen LogP contribution in [-0.4, -0.2) is 35.5 Å². The third-order valence-electron chi connectivity index (χ3n) is 4.23. The number of pyridine rings is 2. The van der Waals surface area contributed by atoms with Gasteiger partial charge in [0.25, 0.3) is 5.91 Å². The molecule has 0 bridgehead atoms. The highest BCUT2D eigenvalue weighted by Gasteiger charge is 2.15. The van der Waals surface area contributed by atoms with Crippen molar-refractivity contribution in [2.45, 2.75) is 19.9 Å². The van der Waals surface area contributed by atoms with E-state index in [2.05, 4.69) is 15.6 Å². The van der Waals surface area contributed by atoms with Crippen LogP contribution in [0.25, 0.3) is 22.2 Å². The van der Waals surface area contributed by atoms with E-state index in [4.69, 9.17) is 4.98 Å². The first-order valence-electron chi connectivity index (χ1n) is 8.35. The average Bonchev–Trinajstić information content (AvgIpc) is 2.65. The Hall–Kier alpha value is -2.21. The summed E-state index contributed by atoms with van der Waals surface area (Å²) in [5.41, 5.74) is 4.18. The summed E-state index contributed by atoms with van der Waals surface area (Å²) in [5, 5.41) is 6.98. The molecule has 7 heteroatoms. The third-order valence-corrected chi connectivity index (χ3v) is 4.23. The molecule has 0 aliphatic carbocycles. The Labute approximate surface area is 171 Å². The SMILES string of the molecule is CNC(C)CNC(=O)c1cc(-c2cccnc2)nc2ccc(C)cc12.Cl.Cl. The molecule has 144 valence electrons. The molecule has 0 spiro atoms. The number of carbonyl (C=O) groups is 1. The monoisotopic (exact) mass is 406 g/mol. The Morgan fingerprint density at radius 2 is 1.96 bits per heavy atom. The predicted molar refractivity (Wildman–Crippen MR) is 115 cm³/mol. The maximum Gasteiger partial charge on any atom is 0.252 e. The normalized spacial score (nSPS) is 11.2. The van der Waals surface area contributed by atoms with Crippen molar-refractivity contribution in [1.29, 1.82) is 0 Å². The molecule has 5 nitrogen and oxygen atoms in total. The van der Waals surface area contributed by atoms with Gasteiger partial charge in [0.05, 0.1) is 16.8 Å². The van der Waals surface area contributed by atoms with Gasteiger partial charge < -0.3 is 10.6 Å². The Kier molecular flexibility index (Phi) is 8.63. The maximum absolute atomic E-state index is 12.8. The lowest BCUT2D eigenvalue weighted by molar-refractivity contribution is 0.0952. The van der Waals surface area contributed by atoms with E-state index in [1.165, 1.54) is 0 Å². The minimum absolute atomic E-state index is 0. The second-order valence-electron chi connectivity index (χ2n) is 6.22. The highest BCUT2D eigenvalue weighted by Crippen LogP contribution is 2.25. The fourth-order valence-electron chi connectivity index (χ4n) is 2.63. The molecular weight excluding hydrogens is 383 g/mol. The molecule has 3 aromatic rings. The van der Waals surface area contributed by atoms with Gasteiger partial charge in [-0.15, -0.1) is 24.8 Å². The van der Waals surface area contributed by atoms with Gasteiger partial charge in [0.15, 0.2) is 0 Å². The van der Waals surface area contributed by atoms with Gasteiger partial charge in [0.1, 0.15) is 0 Å². The molecule has 1 unspecified atom stereocenters. The zero-order valence-corrected chi connectivity index (χ0v) is 17.2. The number of hydrogen-bond acceptors (Lipinski definition) is 4. The average molecular weight is 407 g/mol. The van der Waals surface area contributed by atoms with Crippen molar-refractivity contribution in [3.05, 3.63) is 59.9 Å². The van der Waals surface area contributed by atoms with E-state index in [9.17, 15) is 4.79 Å². The molecule has 0 aliphatic rings. The van der Waals surface area contributed by atoms with Crippen molar-refractivity contribution >= 4 is 41.6 Å². The summed E-state index contributed by atoms with van der Waals surface area (Å²) in [4.78, 5) is 21.7. The first-order chi connectivity index (χ1) is 12.1. The minimum atomic E-state index is -0.0924. The van der Waals surface area contributed by atoms with Crippen molar-refractivity contribution < 1.29 is 4.79 Å². The van der Waals surface area contributed by atoms with Crippen LogP contribution in [0.4, 0.5) is 0 Å². The number of carbonyl (C=O) groups excluding carboxylic acids is 1. The summed E-state index contributed by atoms with van der Waals surface area (Å²) in [6.45, 7) is 4.60. The molecule has 2 heterocycles. The maximum atomic E-state index is 12.8. The van der Waals surface area contributed by atoms with Gasteiger partial charge in [-0.2, -0.15) is 0 Å². The molecular formula is C20H24Cl2N4O. The van der Waals surface area contributed by atoms with Gasteiger partial charge in [-0.1, -0.05) is 11.6 Å². The number of nitrogens with zero attached hydrogens (tertiary/aromatic N) is 2. The van der Waals surface area contributed by atoms with E-state index in [0.29, 0.717) is 12.1 Å². The fourth-order valence-corrected chi connectivity index (χ4v) is 2.63. The Balaban J connectivity index is 0.00000182. The van der Waals surface area contributed by atoms with E-state index in [-0.39, 0.29) is 36.8 Å². The van der Waals surface area contributed by atoms with Crippen LogP contribution >= 0.6 is 24.8 Å². The number of hydrogen-bond donors (Lipinski definition) is 2. The van der Waals surface area contributed by atoms with Gasteiger partial charge in [0.2, 0.25) is 0 Å². The van der Waals surface area contributed by atoms with Crippen molar-refractivity contribution in [3.63, 3.8) is 0 Å². The summed E-state index contributed by atoms with van der Waals surface area (Å²) >= 11 is 0. The molecule has 2 N–H and O–H groups in total. The highest BCUT2D eigenvalue weighted by molar-refractivity contribution is 6.07. The number of likely N-dealkylation sites (N-methyl/N-ethyl adjacent to an activating group) is 1. The van der Waals surface area contributed by atoms with Crippen LogP contribution < -0.4 is 10.6 Å². The lowest BCUT2D eigenvalue weighted by Gasteiger charge is -2.14. The van der Waals surface area contributed by atoms with Gasteiger partial charge >= 0.3 is 0 Å². The number of fused-ring (bicyclic) bond motifs is 1. The second kappa shape index (κ2) is 10.2. The van der Waals surface area contributed by atoms with E-state index in [1.54, 1.807) is 12.4 Å². The number of halogens is 2. The molecule has 1 aromatic carbocycles. The van der Waals surface area contributed by atoms with Crippen LogP contribution in [0.2, 0.25) is 0 Å². The predicted octanol–water partition coefficient (Wildman–Crippen LogP) is 3.79. The zero-order valence-electron chi connectivity index (χ0n) is 15.5. The van der Waals surface area contributed by atoms with E-state index >= 15 is 0 Å². The molecule has 0 aliphatic heterocycles. The van der Waals surface area contributed by atoms with Crippen molar-refractivity contribution in [2.24, 2.45) is 0 Å². The fraction of sp³-hybridized carbons (Fsp3) is 0.250. The van der Waals surface area contributed by atoms with Crippen LogP contribution in [-0.2, 0) is 0 Å². The summed E-state index contributed by atoms with van der Waals surface area (Å²) in [7, 11) is 1.88. The standard InChI is InChI=1S/C20H22N4O.2ClH/c1-13-6-7-18-16(9-13)17(20(25)23-11-14(2)21-3)10-19(24-18)15-5-4-8-22-12-15;;/h4-10,12,14,21H,11H2,1-3H3,(H,23,25);2*1H.